The topological polar surface area (TPSA) is 0 Å². The molecular formula is C4H13PS. The Balaban J connectivity index is 2.75. The molecule has 0 spiro atoms. The lowest BCUT2D eigenvalue weighted by atomic mass is 11.0. The first-order valence-electron chi connectivity index (χ1n) is 2.30. The average Bonchev–Trinajstić information content (AvgIpc) is 1.65. The summed E-state index contributed by atoms with van der Waals surface area (Å²) in [4.78, 5) is 0. The summed E-state index contributed by atoms with van der Waals surface area (Å²) in [5.74, 6) is 2.72. The fourth-order valence-corrected chi connectivity index (χ4v) is 0.671. The number of rotatable bonds is 2. The highest BCUT2D eigenvalue weighted by atomic mass is 32.7. The van der Waals surface area contributed by atoms with Crippen LogP contribution >= 0.6 is 19.0 Å². The summed E-state index contributed by atoms with van der Waals surface area (Å²) in [5.41, 5.74) is 0. The number of hydrogen-bond acceptors (Lipinski definition) is 0. The molecule has 0 heterocycles. The van der Waals surface area contributed by atoms with E-state index in [9.17, 15) is 0 Å². The summed E-state index contributed by atoms with van der Waals surface area (Å²) in [6, 6.07) is 0. The highest BCUT2D eigenvalue weighted by Gasteiger charge is 1.82. The third-order valence-corrected chi connectivity index (χ3v) is 4.63. The van der Waals surface area contributed by atoms with Crippen molar-refractivity contribution < 1.29 is 0 Å². The summed E-state index contributed by atoms with van der Waals surface area (Å²) < 4.78 is 0. The molecule has 0 aliphatic heterocycles. The van der Waals surface area contributed by atoms with Crippen LogP contribution in [0, 0.1) is 0 Å². The van der Waals surface area contributed by atoms with Crippen molar-refractivity contribution in [2.45, 2.75) is 13.8 Å². The van der Waals surface area contributed by atoms with Crippen molar-refractivity contribution in [1.29, 1.82) is 0 Å². The highest BCUT2D eigenvalue weighted by molar-refractivity contribution is 8.56. The van der Waals surface area contributed by atoms with Gasteiger partial charge in [0.2, 0.25) is 0 Å². The third-order valence-electron chi connectivity index (χ3n) is 0.812. The monoisotopic (exact) mass is 124 g/mol. The second-order valence-electron chi connectivity index (χ2n) is 1.22. The van der Waals surface area contributed by atoms with Gasteiger partial charge in [-0.2, -0.15) is 0 Å². The van der Waals surface area contributed by atoms with Gasteiger partial charge in [0.15, 0.2) is 0 Å². The van der Waals surface area contributed by atoms with Gasteiger partial charge in [0, 0.05) is 0 Å². The summed E-state index contributed by atoms with van der Waals surface area (Å²) >= 11 is 0. The first-order chi connectivity index (χ1) is 2.81. The van der Waals surface area contributed by atoms with Crippen molar-refractivity contribution in [3.63, 3.8) is 0 Å². The van der Waals surface area contributed by atoms with Crippen molar-refractivity contribution >= 4 is 19.0 Å². The molecule has 0 aliphatic rings. The van der Waals surface area contributed by atoms with Crippen LogP contribution in [0.2, 0.25) is 0 Å². The van der Waals surface area contributed by atoms with Crippen molar-refractivity contribution in [3.8, 4) is 0 Å². The van der Waals surface area contributed by atoms with Crippen LogP contribution in [0.4, 0.5) is 0 Å². The summed E-state index contributed by atoms with van der Waals surface area (Å²) in [5, 5.41) is 0. The van der Waals surface area contributed by atoms with E-state index >= 15 is 0 Å². The van der Waals surface area contributed by atoms with E-state index in [0.29, 0.717) is 10.5 Å². The van der Waals surface area contributed by atoms with E-state index in [0.717, 1.165) is 0 Å². The molecule has 0 N–H and O–H groups in total. The van der Waals surface area contributed by atoms with Crippen LogP contribution in [-0.4, -0.2) is 11.5 Å². The van der Waals surface area contributed by atoms with E-state index in [-0.39, 0.29) is 0 Å². The van der Waals surface area contributed by atoms with Crippen molar-refractivity contribution in [2.75, 3.05) is 11.5 Å². The van der Waals surface area contributed by atoms with E-state index in [1.807, 2.05) is 0 Å². The lowest BCUT2D eigenvalue weighted by Crippen LogP contribution is -1.74. The first kappa shape index (κ1) is 6.78. The normalized spacial score (nSPS) is 11.5. The minimum atomic E-state index is 0.341. The average molecular weight is 124 g/mol. The Hall–Kier alpha value is 0.780. The van der Waals surface area contributed by atoms with Crippen LogP contribution < -0.4 is 0 Å². The van der Waals surface area contributed by atoms with E-state index < -0.39 is 0 Å². The van der Waals surface area contributed by atoms with E-state index in [1.54, 1.807) is 0 Å². The summed E-state index contributed by atoms with van der Waals surface area (Å²) in [6.45, 7) is 4.48. The zero-order chi connectivity index (χ0) is 4.99. The van der Waals surface area contributed by atoms with Gasteiger partial charge in [-0.3, -0.25) is 0 Å². The Morgan fingerprint density at radius 2 is 1.67 bits per heavy atom. The maximum atomic E-state index is 2.87. The molecule has 1 unspecified atom stereocenters. The smallest absolute Gasteiger partial charge is 0.0251 e. The molecule has 40 valence electrons. The van der Waals surface area contributed by atoms with Crippen LogP contribution in [-0.2, 0) is 0 Å². The fraction of sp³-hybridized carbons (Fsp3) is 1.00. The van der Waals surface area contributed by atoms with Gasteiger partial charge in [-0.1, -0.05) is 22.3 Å². The molecule has 0 aromatic heterocycles. The molecule has 0 fully saturated rings. The summed E-state index contributed by atoms with van der Waals surface area (Å²) in [6.07, 6.45) is 0. The fourth-order valence-electron chi connectivity index (χ4n) is 0.224. The third kappa shape index (κ3) is 2.99. The van der Waals surface area contributed by atoms with Crippen LogP contribution in [0.15, 0.2) is 0 Å². The van der Waals surface area contributed by atoms with Gasteiger partial charge in [-0.25, -0.2) is 10.5 Å². The first-order valence-corrected chi connectivity index (χ1v) is 5.64. The standard InChI is InChI=1S/C4H13PS/c1-3-6(5)4-2/h6H,3-5H2,1-2H3. The molecule has 0 bridgehead atoms. The Morgan fingerprint density at radius 1 is 1.33 bits per heavy atom. The Labute approximate surface area is 45.0 Å². The van der Waals surface area contributed by atoms with Crippen molar-refractivity contribution in [3.05, 3.63) is 0 Å². The molecule has 0 aromatic rings. The minimum absolute atomic E-state index is 0.341. The molecule has 0 rings (SSSR count). The van der Waals surface area contributed by atoms with Crippen LogP contribution in [0.25, 0.3) is 0 Å². The molecule has 1 atom stereocenters. The number of hydrogen-bond donors (Lipinski definition) is 1. The Bertz CT molecular complexity index is 26.7. The predicted molar refractivity (Wildman–Crippen MR) is 39.8 cm³/mol. The summed E-state index contributed by atoms with van der Waals surface area (Å²) in [7, 11) is 3.22. The maximum Gasteiger partial charge on any atom is -0.0251 e. The molecule has 0 saturated heterocycles. The Morgan fingerprint density at radius 3 is 1.67 bits per heavy atom. The molecule has 0 saturated carbocycles. The molecule has 0 aliphatic carbocycles. The Kier molecular flexibility index (Phi) is 4.47. The largest absolute Gasteiger partial charge is 0.239 e. The molecule has 0 aromatic carbocycles. The van der Waals surface area contributed by atoms with Gasteiger partial charge in [-0.05, 0) is 11.5 Å². The SMILES string of the molecule is CC[SH](P)CC. The minimum Gasteiger partial charge on any atom is -0.239 e. The zero-order valence-electron chi connectivity index (χ0n) is 4.44. The zero-order valence-corrected chi connectivity index (χ0v) is 6.49. The van der Waals surface area contributed by atoms with Gasteiger partial charge in [0.25, 0.3) is 0 Å². The van der Waals surface area contributed by atoms with Gasteiger partial charge < -0.3 is 0 Å². The van der Waals surface area contributed by atoms with Gasteiger partial charge >= 0.3 is 0 Å². The molecular weight excluding hydrogens is 111 g/mol. The molecule has 0 nitrogen and oxygen atoms in total. The van der Waals surface area contributed by atoms with Crippen molar-refractivity contribution in [2.24, 2.45) is 0 Å². The van der Waals surface area contributed by atoms with Gasteiger partial charge in [0.05, 0.1) is 0 Å². The van der Waals surface area contributed by atoms with E-state index in [4.69, 9.17) is 0 Å². The predicted octanol–water partition coefficient (Wildman–Crippen LogP) is 1.82. The van der Waals surface area contributed by atoms with Gasteiger partial charge in [0.1, 0.15) is 0 Å². The van der Waals surface area contributed by atoms with Crippen LogP contribution in [0.5, 0.6) is 0 Å². The van der Waals surface area contributed by atoms with Crippen LogP contribution in [0.1, 0.15) is 13.8 Å². The maximum absolute atomic E-state index is 2.87. The lowest BCUT2D eigenvalue weighted by Gasteiger charge is -2.06. The second-order valence-corrected chi connectivity index (χ2v) is 5.85. The van der Waals surface area contributed by atoms with Crippen molar-refractivity contribution in [1.82, 2.24) is 0 Å². The van der Waals surface area contributed by atoms with E-state index in [2.05, 4.69) is 22.3 Å². The quantitative estimate of drug-likeness (QED) is 0.421. The number of thiol groups is 1. The van der Waals surface area contributed by atoms with Crippen LogP contribution in [0.3, 0.4) is 0 Å². The molecule has 0 amide bonds. The second kappa shape index (κ2) is 3.95. The molecule has 0 radical (unpaired) electrons. The van der Waals surface area contributed by atoms with E-state index in [1.165, 1.54) is 11.5 Å². The van der Waals surface area contributed by atoms with Gasteiger partial charge in [-0.15, -0.1) is 0 Å². The lowest BCUT2D eigenvalue weighted by molar-refractivity contribution is 1.46. The highest BCUT2D eigenvalue weighted by Crippen LogP contribution is 2.31. The molecule has 2 heteroatoms. The molecule has 6 heavy (non-hydrogen) atoms.